The van der Waals surface area contributed by atoms with E-state index in [2.05, 4.69) is 4.98 Å². The topological polar surface area (TPSA) is 43.1 Å². The molecule has 0 saturated heterocycles. The summed E-state index contributed by atoms with van der Waals surface area (Å²) in [5.41, 5.74) is 2.24. The molecule has 0 radical (unpaired) electrons. The van der Waals surface area contributed by atoms with E-state index in [0.29, 0.717) is 16.7 Å². The van der Waals surface area contributed by atoms with E-state index >= 15 is 0 Å². The SMILES string of the molecule is O=c1oc2cccnc2cc1-c1ccccc1. The summed E-state index contributed by atoms with van der Waals surface area (Å²) in [6.45, 7) is 0. The third kappa shape index (κ3) is 1.72. The van der Waals surface area contributed by atoms with Gasteiger partial charge in [0.1, 0.15) is 5.52 Å². The van der Waals surface area contributed by atoms with Crippen molar-refractivity contribution in [1.29, 1.82) is 0 Å². The predicted octanol–water partition coefficient (Wildman–Crippen LogP) is 2.86. The van der Waals surface area contributed by atoms with Crippen LogP contribution in [0.1, 0.15) is 0 Å². The third-order valence-electron chi connectivity index (χ3n) is 2.59. The average Bonchev–Trinajstić information content (AvgIpc) is 2.39. The Hall–Kier alpha value is -2.42. The number of fused-ring (bicyclic) bond motifs is 1. The molecule has 3 rings (SSSR count). The van der Waals surface area contributed by atoms with Crippen LogP contribution in [0.3, 0.4) is 0 Å². The Bertz CT molecular complexity index is 717. The number of nitrogens with zero attached hydrogens (tertiary/aromatic N) is 1. The first-order valence-corrected chi connectivity index (χ1v) is 5.29. The van der Waals surface area contributed by atoms with Gasteiger partial charge in [-0.15, -0.1) is 0 Å². The first-order valence-electron chi connectivity index (χ1n) is 5.29. The van der Waals surface area contributed by atoms with Crippen LogP contribution in [0.2, 0.25) is 0 Å². The molecule has 0 bridgehead atoms. The van der Waals surface area contributed by atoms with Crippen LogP contribution in [-0.4, -0.2) is 4.98 Å². The van der Waals surface area contributed by atoms with Crippen LogP contribution in [0.25, 0.3) is 22.2 Å². The largest absolute Gasteiger partial charge is 0.421 e. The second-order valence-electron chi connectivity index (χ2n) is 3.70. The summed E-state index contributed by atoms with van der Waals surface area (Å²) in [6.07, 6.45) is 1.68. The lowest BCUT2D eigenvalue weighted by Gasteiger charge is -2.01. The smallest absolute Gasteiger partial charge is 0.344 e. The molecule has 3 nitrogen and oxygen atoms in total. The molecule has 0 spiro atoms. The fourth-order valence-corrected chi connectivity index (χ4v) is 1.77. The molecular weight excluding hydrogens is 214 g/mol. The predicted molar refractivity (Wildman–Crippen MR) is 65.7 cm³/mol. The summed E-state index contributed by atoms with van der Waals surface area (Å²) in [5.74, 6) is 0. The molecular formula is C14H9NO2. The van der Waals surface area contributed by atoms with Gasteiger partial charge < -0.3 is 4.42 Å². The lowest BCUT2D eigenvalue weighted by Crippen LogP contribution is -2.02. The van der Waals surface area contributed by atoms with E-state index in [1.807, 2.05) is 30.3 Å². The van der Waals surface area contributed by atoms with Crippen molar-refractivity contribution in [2.75, 3.05) is 0 Å². The fourth-order valence-electron chi connectivity index (χ4n) is 1.77. The van der Waals surface area contributed by atoms with Crippen LogP contribution < -0.4 is 5.63 Å². The molecule has 3 aromatic rings. The second kappa shape index (κ2) is 3.87. The Kier molecular flexibility index (Phi) is 2.22. The number of hydrogen-bond acceptors (Lipinski definition) is 3. The minimum absolute atomic E-state index is 0.336. The van der Waals surface area contributed by atoms with Crippen molar-refractivity contribution in [2.24, 2.45) is 0 Å². The number of aromatic nitrogens is 1. The standard InChI is InChI=1S/C14H9NO2/c16-14-11(10-5-2-1-3-6-10)9-12-13(17-14)7-4-8-15-12/h1-9H. The zero-order valence-corrected chi connectivity index (χ0v) is 8.96. The van der Waals surface area contributed by atoms with Crippen molar-refractivity contribution in [1.82, 2.24) is 4.98 Å². The van der Waals surface area contributed by atoms with E-state index in [-0.39, 0.29) is 5.63 Å². The molecule has 0 fully saturated rings. The van der Waals surface area contributed by atoms with Crippen LogP contribution in [0.4, 0.5) is 0 Å². The molecule has 2 aromatic heterocycles. The number of hydrogen-bond donors (Lipinski definition) is 0. The van der Waals surface area contributed by atoms with Gasteiger partial charge in [0, 0.05) is 6.20 Å². The lowest BCUT2D eigenvalue weighted by atomic mass is 10.1. The summed E-state index contributed by atoms with van der Waals surface area (Å²) in [7, 11) is 0. The maximum Gasteiger partial charge on any atom is 0.344 e. The highest BCUT2D eigenvalue weighted by atomic mass is 16.4. The zero-order valence-electron chi connectivity index (χ0n) is 8.96. The molecule has 0 aliphatic carbocycles. The lowest BCUT2D eigenvalue weighted by molar-refractivity contribution is 0.562. The van der Waals surface area contributed by atoms with E-state index in [1.54, 1.807) is 24.4 Å². The van der Waals surface area contributed by atoms with E-state index in [9.17, 15) is 4.79 Å². The van der Waals surface area contributed by atoms with Gasteiger partial charge in [0.15, 0.2) is 5.58 Å². The van der Waals surface area contributed by atoms with Gasteiger partial charge in [0.2, 0.25) is 0 Å². The molecule has 3 heteroatoms. The maximum atomic E-state index is 11.8. The Morgan fingerprint density at radius 1 is 1.00 bits per heavy atom. The van der Waals surface area contributed by atoms with Gasteiger partial charge in [-0.05, 0) is 23.8 Å². The number of rotatable bonds is 1. The second-order valence-corrected chi connectivity index (χ2v) is 3.70. The molecule has 0 saturated carbocycles. The van der Waals surface area contributed by atoms with E-state index in [1.165, 1.54) is 0 Å². The first-order chi connectivity index (χ1) is 8.34. The van der Waals surface area contributed by atoms with Crippen LogP contribution in [0.15, 0.2) is 63.9 Å². The third-order valence-corrected chi connectivity index (χ3v) is 2.59. The van der Waals surface area contributed by atoms with Crippen molar-refractivity contribution in [3.8, 4) is 11.1 Å². The normalized spacial score (nSPS) is 10.6. The van der Waals surface area contributed by atoms with Crippen LogP contribution >= 0.6 is 0 Å². The highest BCUT2D eigenvalue weighted by molar-refractivity contribution is 5.77. The number of benzene rings is 1. The highest BCUT2D eigenvalue weighted by Gasteiger charge is 2.07. The van der Waals surface area contributed by atoms with Crippen LogP contribution in [0, 0.1) is 0 Å². The van der Waals surface area contributed by atoms with Crippen molar-refractivity contribution >= 4 is 11.1 Å². The van der Waals surface area contributed by atoms with Crippen molar-refractivity contribution in [3.63, 3.8) is 0 Å². The Morgan fingerprint density at radius 2 is 1.82 bits per heavy atom. The Balaban J connectivity index is 2.31. The summed E-state index contributed by atoms with van der Waals surface area (Å²) in [4.78, 5) is 16.0. The Morgan fingerprint density at radius 3 is 2.65 bits per heavy atom. The van der Waals surface area contributed by atoms with Gasteiger partial charge >= 0.3 is 5.63 Å². The molecule has 2 heterocycles. The summed E-state index contributed by atoms with van der Waals surface area (Å²) < 4.78 is 5.23. The van der Waals surface area contributed by atoms with E-state index in [4.69, 9.17) is 4.42 Å². The van der Waals surface area contributed by atoms with Crippen molar-refractivity contribution in [2.45, 2.75) is 0 Å². The van der Waals surface area contributed by atoms with Gasteiger partial charge in [0.25, 0.3) is 0 Å². The van der Waals surface area contributed by atoms with Crippen molar-refractivity contribution in [3.05, 3.63) is 65.1 Å². The van der Waals surface area contributed by atoms with E-state index in [0.717, 1.165) is 5.56 Å². The molecule has 1 aromatic carbocycles. The van der Waals surface area contributed by atoms with Crippen LogP contribution in [-0.2, 0) is 0 Å². The maximum absolute atomic E-state index is 11.8. The molecule has 0 aliphatic rings. The van der Waals surface area contributed by atoms with Gasteiger partial charge in [-0.1, -0.05) is 30.3 Å². The van der Waals surface area contributed by atoms with E-state index < -0.39 is 0 Å². The summed E-state index contributed by atoms with van der Waals surface area (Å²) >= 11 is 0. The monoisotopic (exact) mass is 223 g/mol. The molecule has 0 atom stereocenters. The molecule has 0 aliphatic heterocycles. The highest BCUT2D eigenvalue weighted by Crippen LogP contribution is 2.18. The zero-order chi connectivity index (χ0) is 11.7. The first kappa shape index (κ1) is 9.78. The minimum Gasteiger partial charge on any atom is -0.421 e. The van der Waals surface area contributed by atoms with Crippen LogP contribution in [0.5, 0.6) is 0 Å². The van der Waals surface area contributed by atoms with Gasteiger partial charge in [0.05, 0.1) is 5.56 Å². The molecule has 0 N–H and O–H groups in total. The van der Waals surface area contributed by atoms with Gasteiger partial charge in [-0.3, -0.25) is 4.98 Å². The van der Waals surface area contributed by atoms with Gasteiger partial charge in [-0.25, -0.2) is 4.79 Å². The molecule has 0 unspecified atom stereocenters. The summed E-state index contributed by atoms with van der Waals surface area (Å²) in [5, 5.41) is 0. The number of pyridine rings is 1. The van der Waals surface area contributed by atoms with Crippen molar-refractivity contribution < 1.29 is 4.42 Å². The molecule has 82 valence electrons. The minimum atomic E-state index is -0.336. The van der Waals surface area contributed by atoms with Gasteiger partial charge in [-0.2, -0.15) is 0 Å². The quantitative estimate of drug-likeness (QED) is 0.637. The molecule has 0 amide bonds. The fraction of sp³-hybridized carbons (Fsp3) is 0. The summed E-state index contributed by atoms with van der Waals surface area (Å²) in [6, 6.07) is 14.7. The Labute approximate surface area is 97.4 Å². The average molecular weight is 223 g/mol. The molecule has 17 heavy (non-hydrogen) atoms.